The number of benzene rings is 2. The predicted octanol–water partition coefficient (Wildman–Crippen LogP) is 5.91. The summed E-state index contributed by atoms with van der Waals surface area (Å²) in [6.45, 7) is 12.6. The Hall–Kier alpha value is -1.86. The van der Waals surface area contributed by atoms with Crippen LogP contribution in [0.25, 0.3) is 16.7 Å². The summed E-state index contributed by atoms with van der Waals surface area (Å²) in [5.74, 6) is 0.798. The fourth-order valence-electron chi connectivity index (χ4n) is 2.63. The normalized spacial score (nSPS) is 11.0. The Morgan fingerprint density at radius 3 is 2.04 bits per heavy atom. The number of hydrogen-bond donors (Lipinski definition) is 1. The highest BCUT2D eigenvalue weighted by molar-refractivity contribution is 5.68. The minimum Gasteiger partial charge on any atom is -0.313 e. The standard InChI is InChI=1S/C22H29N/c1-17(2)6-5-15-23-16-19-7-9-21(10-8-19)22-13-11-20(12-14-22)18(3)4/h7-14,17,23H,3,5-6,15-16H2,1-2,4H3. The van der Waals surface area contributed by atoms with E-state index in [9.17, 15) is 0 Å². The van der Waals surface area contributed by atoms with Crippen molar-refractivity contribution in [3.63, 3.8) is 0 Å². The zero-order chi connectivity index (χ0) is 16.7. The molecule has 0 aliphatic heterocycles. The van der Waals surface area contributed by atoms with E-state index in [-0.39, 0.29) is 0 Å². The molecule has 1 heteroatoms. The molecule has 2 aromatic rings. The van der Waals surface area contributed by atoms with Gasteiger partial charge in [0.1, 0.15) is 0 Å². The Balaban J connectivity index is 1.87. The van der Waals surface area contributed by atoms with Crippen molar-refractivity contribution in [3.8, 4) is 11.1 Å². The molecule has 0 heterocycles. The molecule has 0 aromatic heterocycles. The fraction of sp³-hybridized carbons (Fsp3) is 0.364. The molecule has 0 fully saturated rings. The number of hydrogen-bond acceptors (Lipinski definition) is 1. The van der Waals surface area contributed by atoms with Crippen LogP contribution in [0.5, 0.6) is 0 Å². The summed E-state index contributed by atoms with van der Waals surface area (Å²) in [6.07, 6.45) is 2.55. The minimum atomic E-state index is 0.798. The smallest absolute Gasteiger partial charge is 0.0205 e. The first-order chi connectivity index (χ1) is 11.1. The lowest BCUT2D eigenvalue weighted by molar-refractivity contribution is 0.527. The van der Waals surface area contributed by atoms with Gasteiger partial charge in [-0.25, -0.2) is 0 Å². The first-order valence-electron chi connectivity index (χ1n) is 8.62. The van der Waals surface area contributed by atoms with Crippen LogP contribution >= 0.6 is 0 Å². The van der Waals surface area contributed by atoms with Crippen LogP contribution in [0.2, 0.25) is 0 Å². The Labute approximate surface area is 141 Å². The lowest BCUT2D eigenvalue weighted by Gasteiger charge is -2.08. The third kappa shape index (κ3) is 5.69. The van der Waals surface area contributed by atoms with Gasteiger partial charge >= 0.3 is 0 Å². The SMILES string of the molecule is C=C(C)c1ccc(-c2ccc(CNCCCC(C)C)cc2)cc1. The van der Waals surface area contributed by atoms with Gasteiger partial charge in [0, 0.05) is 6.54 Å². The summed E-state index contributed by atoms with van der Waals surface area (Å²) in [7, 11) is 0. The van der Waals surface area contributed by atoms with Gasteiger partial charge in [-0.3, -0.25) is 0 Å². The third-order valence-electron chi connectivity index (χ3n) is 4.13. The molecule has 0 bridgehead atoms. The molecule has 0 amide bonds. The molecule has 23 heavy (non-hydrogen) atoms. The van der Waals surface area contributed by atoms with Crippen LogP contribution in [-0.2, 0) is 6.54 Å². The molecular formula is C22H29N. The van der Waals surface area contributed by atoms with E-state index in [1.54, 1.807) is 0 Å². The van der Waals surface area contributed by atoms with Crippen molar-refractivity contribution in [2.75, 3.05) is 6.54 Å². The van der Waals surface area contributed by atoms with Crippen molar-refractivity contribution in [1.29, 1.82) is 0 Å². The maximum atomic E-state index is 3.98. The second kappa shape index (κ2) is 8.69. The Kier molecular flexibility index (Phi) is 6.61. The molecule has 0 atom stereocenters. The van der Waals surface area contributed by atoms with E-state index in [0.717, 1.165) is 24.6 Å². The monoisotopic (exact) mass is 307 g/mol. The topological polar surface area (TPSA) is 12.0 Å². The van der Waals surface area contributed by atoms with E-state index in [1.165, 1.54) is 35.1 Å². The Morgan fingerprint density at radius 1 is 0.957 bits per heavy atom. The van der Waals surface area contributed by atoms with Gasteiger partial charge < -0.3 is 5.32 Å². The van der Waals surface area contributed by atoms with Gasteiger partial charge in [0.2, 0.25) is 0 Å². The van der Waals surface area contributed by atoms with Crippen LogP contribution in [0.3, 0.4) is 0 Å². The summed E-state index contributed by atoms with van der Waals surface area (Å²) in [5.41, 5.74) is 6.18. The van der Waals surface area contributed by atoms with E-state index in [2.05, 4.69) is 74.3 Å². The van der Waals surface area contributed by atoms with Gasteiger partial charge in [0.25, 0.3) is 0 Å². The number of allylic oxidation sites excluding steroid dienone is 1. The molecule has 0 spiro atoms. The zero-order valence-corrected chi connectivity index (χ0v) is 14.7. The first kappa shape index (κ1) is 17.5. The minimum absolute atomic E-state index is 0.798. The molecule has 1 N–H and O–H groups in total. The summed E-state index contributed by atoms with van der Waals surface area (Å²) in [6, 6.07) is 17.5. The molecule has 1 nitrogen and oxygen atoms in total. The average Bonchev–Trinajstić information content (AvgIpc) is 2.55. The second-order valence-electron chi connectivity index (χ2n) is 6.77. The lowest BCUT2D eigenvalue weighted by Crippen LogP contribution is -2.15. The summed E-state index contributed by atoms with van der Waals surface area (Å²) in [4.78, 5) is 0. The second-order valence-corrected chi connectivity index (χ2v) is 6.77. The van der Waals surface area contributed by atoms with Gasteiger partial charge in [0.15, 0.2) is 0 Å². The summed E-state index contributed by atoms with van der Waals surface area (Å²) in [5, 5.41) is 3.53. The largest absolute Gasteiger partial charge is 0.313 e. The quantitative estimate of drug-likeness (QED) is 0.597. The molecule has 2 rings (SSSR count). The molecule has 0 unspecified atom stereocenters. The molecule has 2 aromatic carbocycles. The fourth-order valence-corrected chi connectivity index (χ4v) is 2.63. The van der Waals surface area contributed by atoms with Crippen molar-refractivity contribution in [3.05, 3.63) is 66.2 Å². The van der Waals surface area contributed by atoms with Crippen LogP contribution in [0.4, 0.5) is 0 Å². The van der Waals surface area contributed by atoms with Crippen molar-refractivity contribution >= 4 is 5.57 Å². The molecule has 0 aliphatic carbocycles. The van der Waals surface area contributed by atoms with Gasteiger partial charge in [-0.2, -0.15) is 0 Å². The highest BCUT2D eigenvalue weighted by atomic mass is 14.8. The van der Waals surface area contributed by atoms with Crippen molar-refractivity contribution in [1.82, 2.24) is 5.32 Å². The van der Waals surface area contributed by atoms with Crippen LogP contribution < -0.4 is 5.32 Å². The molecule has 0 saturated carbocycles. The highest BCUT2D eigenvalue weighted by Gasteiger charge is 2.00. The predicted molar refractivity (Wildman–Crippen MR) is 102 cm³/mol. The van der Waals surface area contributed by atoms with Crippen molar-refractivity contribution in [2.45, 2.75) is 40.2 Å². The van der Waals surface area contributed by atoms with E-state index in [4.69, 9.17) is 0 Å². The Morgan fingerprint density at radius 2 is 1.52 bits per heavy atom. The Bertz CT molecular complexity index is 605. The van der Waals surface area contributed by atoms with Gasteiger partial charge in [0.05, 0.1) is 0 Å². The maximum Gasteiger partial charge on any atom is 0.0205 e. The van der Waals surface area contributed by atoms with E-state index < -0.39 is 0 Å². The molecule has 0 aliphatic rings. The zero-order valence-electron chi connectivity index (χ0n) is 14.7. The first-order valence-corrected chi connectivity index (χ1v) is 8.62. The lowest BCUT2D eigenvalue weighted by atomic mass is 10.0. The number of rotatable bonds is 8. The van der Waals surface area contributed by atoms with Gasteiger partial charge in [-0.05, 0) is 54.5 Å². The molecule has 122 valence electrons. The highest BCUT2D eigenvalue weighted by Crippen LogP contribution is 2.22. The van der Waals surface area contributed by atoms with Crippen LogP contribution in [0.15, 0.2) is 55.1 Å². The average molecular weight is 307 g/mol. The molecule has 0 radical (unpaired) electrons. The van der Waals surface area contributed by atoms with E-state index >= 15 is 0 Å². The summed E-state index contributed by atoms with van der Waals surface area (Å²) < 4.78 is 0. The molecule has 0 saturated heterocycles. The third-order valence-corrected chi connectivity index (χ3v) is 4.13. The summed E-state index contributed by atoms with van der Waals surface area (Å²) >= 11 is 0. The van der Waals surface area contributed by atoms with E-state index in [0.29, 0.717) is 0 Å². The van der Waals surface area contributed by atoms with Crippen LogP contribution in [0.1, 0.15) is 44.7 Å². The number of nitrogens with one attached hydrogen (secondary N) is 1. The van der Waals surface area contributed by atoms with Gasteiger partial charge in [-0.1, -0.05) is 74.5 Å². The van der Waals surface area contributed by atoms with Crippen LogP contribution in [0, 0.1) is 5.92 Å². The molecular weight excluding hydrogens is 278 g/mol. The van der Waals surface area contributed by atoms with Crippen molar-refractivity contribution in [2.24, 2.45) is 5.92 Å². The maximum absolute atomic E-state index is 3.98. The van der Waals surface area contributed by atoms with Crippen molar-refractivity contribution < 1.29 is 0 Å². The van der Waals surface area contributed by atoms with E-state index in [1.807, 2.05) is 6.92 Å². The van der Waals surface area contributed by atoms with Gasteiger partial charge in [-0.15, -0.1) is 0 Å². The van der Waals surface area contributed by atoms with Crippen LogP contribution in [-0.4, -0.2) is 6.54 Å².